The molecule has 1 aliphatic carbocycles. The van der Waals surface area contributed by atoms with Crippen LogP contribution < -0.4 is 5.32 Å². The molecule has 0 saturated heterocycles. The molecule has 2 aromatic heterocycles. The van der Waals surface area contributed by atoms with Gasteiger partial charge in [0.2, 0.25) is 0 Å². The normalized spacial score (nSPS) is 18.4. The summed E-state index contributed by atoms with van der Waals surface area (Å²) >= 11 is 0. The fourth-order valence-corrected chi connectivity index (χ4v) is 3.19. The summed E-state index contributed by atoms with van der Waals surface area (Å²) in [7, 11) is 0. The van der Waals surface area contributed by atoms with Crippen LogP contribution in [0.3, 0.4) is 0 Å². The lowest BCUT2D eigenvalue weighted by atomic mass is 9.92. The van der Waals surface area contributed by atoms with Gasteiger partial charge in [-0.2, -0.15) is 5.10 Å². The summed E-state index contributed by atoms with van der Waals surface area (Å²) in [5.74, 6) is 0.757. The van der Waals surface area contributed by atoms with E-state index in [-0.39, 0.29) is 0 Å². The van der Waals surface area contributed by atoms with E-state index in [9.17, 15) is 0 Å². The van der Waals surface area contributed by atoms with Crippen LogP contribution in [-0.4, -0.2) is 21.1 Å². The van der Waals surface area contributed by atoms with Gasteiger partial charge in [-0.25, -0.2) is 9.50 Å². The van der Waals surface area contributed by atoms with Gasteiger partial charge in [-0.3, -0.25) is 0 Å². The first kappa shape index (κ1) is 14.5. The van der Waals surface area contributed by atoms with Crippen LogP contribution in [0.4, 0.5) is 0 Å². The minimum atomic E-state index is 0.308. The Hall–Kier alpha value is -1.42. The highest BCUT2D eigenvalue weighted by Gasteiger charge is 2.44. The number of rotatable bonds is 5. The van der Waals surface area contributed by atoms with E-state index in [1.165, 1.54) is 24.1 Å². The van der Waals surface area contributed by atoms with E-state index in [1.807, 2.05) is 23.7 Å². The summed E-state index contributed by atoms with van der Waals surface area (Å²) in [6, 6.07) is 2.33. The van der Waals surface area contributed by atoms with Gasteiger partial charge in [0, 0.05) is 36.1 Å². The minimum Gasteiger partial charge on any atom is -0.310 e. The molecule has 1 aliphatic rings. The van der Waals surface area contributed by atoms with Crippen molar-refractivity contribution in [3.05, 3.63) is 29.2 Å². The second-order valence-corrected chi connectivity index (χ2v) is 6.97. The Kier molecular flexibility index (Phi) is 3.52. The van der Waals surface area contributed by atoms with Crippen molar-refractivity contribution in [1.29, 1.82) is 0 Å². The second-order valence-electron chi connectivity index (χ2n) is 6.97. The van der Waals surface area contributed by atoms with E-state index < -0.39 is 0 Å². The van der Waals surface area contributed by atoms with Gasteiger partial charge >= 0.3 is 0 Å². The van der Waals surface area contributed by atoms with Crippen molar-refractivity contribution in [3.8, 4) is 0 Å². The Morgan fingerprint density at radius 3 is 2.62 bits per heavy atom. The van der Waals surface area contributed by atoms with Crippen molar-refractivity contribution in [3.63, 3.8) is 0 Å². The molecular weight excluding hydrogens is 260 g/mol. The molecule has 4 heteroatoms. The Balaban J connectivity index is 1.78. The summed E-state index contributed by atoms with van der Waals surface area (Å²) < 4.78 is 1.96. The van der Waals surface area contributed by atoms with Crippen molar-refractivity contribution < 1.29 is 0 Å². The van der Waals surface area contributed by atoms with Crippen molar-refractivity contribution in [2.75, 3.05) is 6.54 Å². The lowest BCUT2D eigenvalue weighted by Crippen LogP contribution is -2.30. The summed E-state index contributed by atoms with van der Waals surface area (Å²) in [6.07, 6.45) is 4.72. The first-order valence-corrected chi connectivity index (χ1v) is 7.98. The standard InChI is InChI=1S/C17H26N4/c1-11(2)17(6-7-17)10-19-13(4)15-9-18-16-8-12(3)20-21(16)14(15)5/h8-9,11,13,19H,6-7,10H2,1-5H3. The Bertz CT molecular complexity index is 652. The van der Waals surface area contributed by atoms with Gasteiger partial charge in [0.1, 0.15) is 0 Å². The lowest BCUT2D eigenvalue weighted by molar-refractivity contribution is 0.324. The van der Waals surface area contributed by atoms with Crippen LogP contribution in [0.2, 0.25) is 0 Å². The maximum atomic E-state index is 4.54. The first-order valence-electron chi connectivity index (χ1n) is 7.98. The van der Waals surface area contributed by atoms with E-state index in [1.54, 1.807) is 0 Å². The number of fused-ring (bicyclic) bond motifs is 1. The molecule has 3 rings (SSSR count). The number of aromatic nitrogens is 3. The molecule has 0 bridgehead atoms. The SMILES string of the molecule is Cc1cc2ncc(C(C)NCC3(C(C)C)CC3)c(C)n2n1. The quantitative estimate of drug-likeness (QED) is 0.915. The average Bonchev–Trinajstić information content (AvgIpc) is 3.13. The molecule has 4 nitrogen and oxygen atoms in total. The highest BCUT2D eigenvalue weighted by molar-refractivity contribution is 5.42. The van der Waals surface area contributed by atoms with E-state index >= 15 is 0 Å². The molecule has 0 radical (unpaired) electrons. The van der Waals surface area contributed by atoms with Gasteiger partial charge in [0.05, 0.1) is 5.69 Å². The average molecular weight is 286 g/mol. The van der Waals surface area contributed by atoms with Crippen LogP contribution in [0.25, 0.3) is 5.65 Å². The van der Waals surface area contributed by atoms with Gasteiger partial charge in [0.25, 0.3) is 0 Å². The monoisotopic (exact) mass is 286 g/mol. The van der Waals surface area contributed by atoms with Gasteiger partial charge in [-0.15, -0.1) is 0 Å². The molecule has 114 valence electrons. The van der Waals surface area contributed by atoms with Crippen LogP contribution >= 0.6 is 0 Å². The van der Waals surface area contributed by atoms with Gasteiger partial charge in [0.15, 0.2) is 5.65 Å². The zero-order chi connectivity index (χ0) is 15.2. The maximum absolute atomic E-state index is 4.54. The lowest BCUT2D eigenvalue weighted by Gasteiger charge is -2.24. The molecule has 0 spiro atoms. The van der Waals surface area contributed by atoms with E-state index in [0.717, 1.165) is 23.8 Å². The number of hydrogen-bond acceptors (Lipinski definition) is 3. The molecule has 1 atom stereocenters. The Morgan fingerprint density at radius 2 is 2.00 bits per heavy atom. The Morgan fingerprint density at radius 1 is 1.29 bits per heavy atom. The number of aryl methyl sites for hydroxylation is 2. The van der Waals surface area contributed by atoms with Crippen molar-refractivity contribution in [1.82, 2.24) is 19.9 Å². The predicted octanol–water partition coefficient (Wildman–Crippen LogP) is 3.43. The molecule has 2 heterocycles. The van der Waals surface area contributed by atoms with E-state index in [2.05, 4.69) is 43.1 Å². The van der Waals surface area contributed by atoms with Crippen molar-refractivity contribution in [2.45, 2.75) is 53.5 Å². The molecule has 0 aliphatic heterocycles. The molecular formula is C17H26N4. The first-order chi connectivity index (χ1) is 9.93. The van der Waals surface area contributed by atoms with Crippen molar-refractivity contribution in [2.24, 2.45) is 11.3 Å². The third-order valence-electron chi connectivity index (χ3n) is 5.23. The summed E-state index contributed by atoms with van der Waals surface area (Å²) in [6.45, 7) is 12.1. The predicted molar refractivity (Wildman–Crippen MR) is 85.4 cm³/mol. The van der Waals surface area contributed by atoms with Gasteiger partial charge in [-0.1, -0.05) is 13.8 Å². The largest absolute Gasteiger partial charge is 0.310 e. The van der Waals surface area contributed by atoms with Gasteiger partial charge < -0.3 is 5.32 Å². The van der Waals surface area contributed by atoms with Crippen molar-refractivity contribution >= 4 is 5.65 Å². The fourth-order valence-electron chi connectivity index (χ4n) is 3.19. The molecule has 1 unspecified atom stereocenters. The third-order valence-corrected chi connectivity index (χ3v) is 5.23. The van der Waals surface area contributed by atoms with Crippen LogP contribution in [-0.2, 0) is 0 Å². The van der Waals surface area contributed by atoms with E-state index in [4.69, 9.17) is 0 Å². The number of nitrogens with one attached hydrogen (secondary N) is 1. The topological polar surface area (TPSA) is 42.2 Å². The highest BCUT2D eigenvalue weighted by Crippen LogP contribution is 2.51. The summed E-state index contributed by atoms with van der Waals surface area (Å²) in [5.41, 5.74) is 4.90. The third kappa shape index (κ3) is 2.57. The second kappa shape index (κ2) is 5.09. The van der Waals surface area contributed by atoms with Crippen LogP contribution in [0.15, 0.2) is 12.3 Å². The van der Waals surface area contributed by atoms with Gasteiger partial charge in [-0.05, 0) is 44.9 Å². The zero-order valence-electron chi connectivity index (χ0n) is 13.8. The molecule has 1 N–H and O–H groups in total. The van der Waals surface area contributed by atoms with Crippen LogP contribution in [0.5, 0.6) is 0 Å². The highest BCUT2D eigenvalue weighted by atomic mass is 15.3. The minimum absolute atomic E-state index is 0.308. The number of nitrogens with zero attached hydrogens (tertiary/aromatic N) is 3. The number of hydrogen-bond donors (Lipinski definition) is 1. The summed E-state index contributed by atoms with van der Waals surface area (Å²) in [5, 5.41) is 8.25. The molecule has 1 fully saturated rings. The van der Waals surface area contributed by atoms with E-state index in [0.29, 0.717) is 11.5 Å². The molecule has 0 aromatic carbocycles. The molecule has 1 saturated carbocycles. The Labute approximate surface area is 127 Å². The fraction of sp³-hybridized carbons (Fsp3) is 0.647. The maximum Gasteiger partial charge on any atom is 0.155 e. The van der Waals surface area contributed by atoms with Crippen LogP contribution in [0.1, 0.15) is 56.6 Å². The smallest absolute Gasteiger partial charge is 0.155 e. The van der Waals surface area contributed by atoms with Crippen LogP contribution in [0, 0.1) is 25.2 Å². The summed E-state index contributed by atoms with van der Waals surface area (Å²) in [4.78, 5) is 4.54. The molecule has 2 aromatic rings. The molecule has 21 heavy (non-hydrogen) atoms. The zero-order valence-corrected chi connectivity index (χ0v) is 13.8. The molecule has 0 amide bonds.